The second-order valence-electron chi connectivity index (χ2n) is 3.95. The molecule has 2 aromatic rings. The van der Waals surface area contributed by atoms with Crippen LogP contribution in [-0.4, -0.2) is 4.98 Å². The molecule has 0 unspecified atom stereocenters. The van der Waals surface area contributed by atoms with Gasteiger partial charge in [-0.05, 0) is 18.2 Å². The van der Waals surface area contributed by atoms with Gasteiger partial charge in [0.25, 0.3) is 0 Å². The Morgan fingerprint density at radius 3 is 2.55 bits per heavy atom. The number of rotatable bonds is 3. The number of hydrogen-bond acceptors (Lipinski definition) is 3. The molecule has 0 radical (unpaired) electrons. The molecule has 0 aliphatic rings. The largest absolute Gasteiger partial charge is 0.485 e. The number of hydrogen-bond donors (Lipinski definition) is 1. The van der Waals surface area contributed by atoms with Crippen LogP contribution >= 0.6 is 0 Å². The van der Waals surface area contributed by atoms with E-state index in [4.69, 9.17) is 10.5 Å². The van der Waals surface area contributed by atoms with Crippen molar-refractivity contribution in [3.8, 4) is 5.75 Å². The van der Waals surface area contributed by atoms with E-state index in [2.05, 4.69) is 4.98 Å². The predicted molar refractivity (Wildman–Crippen MR) is 64.4 cm³/mol. The molecule has 2 rings (SSSR count). The van der Waals surface area contributed by atoms with E-state index in [0.717, 1.165) is 12.1 Å². The van der Waals surface area contributed by atoms with E-state index in [0.29, 0.717) is 0 Å². The molecular weight excluding hydrogens is 276 g/mol. The van der Waals surface area contributed by atoms with Gasteiger partial charge in [0.2, 0.25) is 0 Å². The van der Waals surface area contributed by atoms with Crippen LogP contribution in [-0.2, 0) is 12.8 Å². The van der Waals surface area contributed by atoms with Gasteiger partial charge in [-0.25, -0.2) is 9.37 Å². The van der Waals surface area contributed by atoms with Gasteiger partial charge >= 0.3 is 6.18 Å². The van der Waals surface area contributed by atoms with Gasteiger partial charge in [-0.3, -0.25) is 0 Å². The first-order valence-electron chi connectivity index (χ1n) is 5.57. The summed E-state index contributed by atoms with van der Waals surface area (Å²) < 4.78 is 56.8. The lowest BCUT2D eigenvalue weighted by molar-refractivity contribution is -0.141. The first-order chi connectivity index (χ1) is 9.39. The lowest BCUT2D eigenvalue weighted by Gasteiger charge is -2.14. The van der Waals surface area contributed by atoms with Gasteiger partial charge < -0.3 is 10.5 Å². The highest BCUT2D eigenvalue weighted by Crippen LogP contribution is 2.34. The Hall–Kier alpha value is -2.31. The van der Waals surface area contributed by atoms with Gasteiger partial charge in [-0.15, -0.1) is 0 Å². The molecule has 2 N–H and O–H groups in total. The molecule has 0 amide bonds. The molecule has 1 heterocycles. The second kappa shape index (κ2) is 5.36. The van der Waals surface area contributed by atoms with Crippen molar-refractivity contribution in [2.24, 2.45) is 0 Å². The summed E-state index contributed by atoms with van der Waals surface area (Å²) in [6.45, 7) is -0.456. The summed E-state index contributed by atoms with van der Waals surface area (Å²) in [5.41, 5.74) is 3.87. The predicted octanol–water partition coefficient (Wildman–Crippen LogP) is 3.40. The summed E-state index contributed by atoms with van der Waals surface area (Å²) in [5.74, 6) is -1.14. The van der Waals surface area contributed by atoms with Crippen LogP contribution in [0.5, 0.6) is 5.75 Å². The maximum atomic E-state index is 13.3. The maximum Gasteiger partial charge on any atom is 0.419 e. The summed E-state index contributed by atoms with van der Waals surface area (Å²) in [5, 5.41) is 0. The third-order valence-electron chi connectivity index (χ3n) is 2.57. The lowest BCUT2D eigenvalue weighted by atomic mass is 10.1. The van der Waals surface area contributed by atoms with Crippen LogP contribution in [0, 0.1) is 5.82 Å². The lowest BCUT2D eigenvalue weighted by Crippen LogP contribution is -2.14. The molecule has 3 nitrogen and oxygen atoms in total. The van der Waals surface area contributed by atoms with Crippen LogP contribution in [0.2, 0.25) is 0 Å². The Kier molecular flexibility index (Phi) is 3.78. The van der Waals surface area contributed by atoms with Crippen molar-refractivity contribution < 1.29 is 22.3 Å². The Morgan fingerprint density at radius 2 is 1.90 bits per heavy atom. The average molecular weight is 286 g/mol. The third kappa shape index (κ3) is 2.98. The third-order valence-corrected chi connectivity index (χ3v) is 2.57. The highest BCUT2D eigenvalue weighted by molar-refractivity contribution is 5.45. The maximum absolute atomic E-state index is 13.3. The van der Waals surface area contributed by atoms with Crippen LogP contribution in [0.25, 0.3) is 0 Å². The van der Waals surface area contributed by atoms with E-state index in [-0.39, 0.29) is 17.1 Å². The van der Waals surface area contributed by atoms with Gasteiger partial charge in [-0.1, -0.05) is 12.1 Å². The molecule has 0 spiro atoms. The van der Waals surface area contributed by atoms with Crippen LogP contribution in [0.3, 0.4) is 0 Å². The van der Waals surface area contributed by atoms with E-state index in [1.54, 1.807) is 0 Å². The summed E-state index contributed by atoms with van der Waals surface area (Å²) in [6.07, 6.45) is -3.37. The zero-order valence-electron chi connectivity index (χ0n) is 10.1. The molecule has 20 heavy (non-hydrogen) atoms. The molecular formula is C13H10F4N2O. The highest BCUT2D eigenvalue weighted by atomic mass is 19.4. The average Bonchev–Trinajstić information content (AvgIpc) is 2.36. The number of ether oxygens (including phenoxy) is 1. The Morgan fingerprint density at radius 1 is 1.15 bits per heavy atom. The molecule has 0 aliphatic carbocycles. The normalized spacial score (nSPS) is 11.4. The van der Waals surface area contributed by atoms with Gasteiger partial charge in [0.15, 0.2) is 11.6 Å². The fourth-order valence-electron chi connectivity index (χ4n) is 1.69. The first kappa shape index (κ1) is 14.1. The molecule has 0 saturated carbocycles. The van der Waals surface area contributed by atoms with Crippen molar-refractivity contribution in [3.05, 3.63) is 53.5 Å². The molecule has 7 heteroatoms. The van der Waals surface area contributed by atoms with Crippen LogP contribution in [0.1, 0.15) is 11.1 Å². The monoisotopic (exact) mass is 286 g/mol. The van der Waals surface area contributed by atoms with E-state index in [1.807, 2.05) is 0 Å². The second-order valence-corrected chi connectivity index (χ2v) is 3.95. The van der Waals surface area contributed by atoms with Gasteiger partial charge in [0.05, 0.1) is 5.56 Å². The first-order valence-corrected chi connectivity index (χ1v) is 5.57. The zero-order valence-corrected chi connectivity index (χ0v) is 10.1. The van der Waals surface area contributed by atoms with E-state index in [1.165, 1.54) is 24.4 Å². The molecule has 0 saturated heterocycles. The van der Waals surface area contributed by atoms with Crippen molar-refractivity contribution in [2.75, 3.05) is 5.73 Å². The number of anilines is 1. The summed E-state index contributed by atoms with van der Waals surface area (Å²) in [4.78, 5) is 3.74. The van der Waals surface area contributed by atoms with E-state index in [9.17, 15) is 17.6 Å². The summed E-state index contributed by atoms with van der Waals surface area (Å²) in [6, 6.07) is 6.09. The smallest absolute Gasteiger partial charge is 0.419 e. The van der Waals surface area contributed by atoms with Crippen LogP contribution in [0.4, 0.5) is 23.4 Å². The SMILES string of the molecule is Nc1ncccc1OCc1cccc(F)c1C(F)(F)F. The van der Waals surface area contributed by atoms with E-state index < -0.39 is 24.2 Å². The van der Waals surface area contributed by atoms with Crippen LogP contribution in [0.15, 0.2) is 36.5 Å². The minimum absolute atomic E-state index is 0.0532. The van der Waals surface area contributed by atoms with Crippen LogP contribution < -0.4 is 10.5 Å². The number of halogens is 4. The highest BCUT2D eigenvalue weighted by Gasteiger charge is 2.36. The number of pyridine rings is 1. The minimum Gasteiger partial charge on any atom is -0.485 e. The quantitative estimate of drug-likeness (QED) is 0.880. The van der Waals surface area contributed by atoms with Crippen molar-refractivity contribution in [1.29, 1.82) is 0 Å². The van der Waals surface area contributed by atoms with E-state index >= 15 is 0 Å². The number of benzene rings is 1. The number of aromatic nitrogens is 1. The Balaban J connectivity index is 2.27. The standard InChI is InChI=1S/C13H10F4N2O/c14-9-4-1-3-8(11(9)13(15,16)17)7-20-10-5-2-6-19-12(10)18/h1-6H,7H2,(H2,18,19). The molecule has 0 atom stereocenters. The summed E-state index contributed by atoms with van der Waals surface area (Å²) >= 11 is 0. The molecule has 0 aliphatic heterocycles. The molecule has 1 aromatic carbocycles. The topological polar surface area (TPSA) is 48.1 Å². The van der Waals surface area contributed by atoms with Gasteiger partial charge in [0.1, 0.15) is 12.4 Å². The number of nitrogens with zero attached hydrogens (tertiary/aromatic N) is 1. The molecule has 0 fully saturated rings. The Bertz CT molecular complexity index is 614. The fraction of sp³-hybridized carbons (Fsp3) is 0.154. The molecule has 106 valence electrons. The molecule has 0 bridgehead atoms. The van der Waals surface area contributed by atoms with Crippen molar-refractivity contribution >= 4 is 5.82 Å². The Labute approximate surface area is 112 Å². The number of nitrogen functional groups attached to an aromatic ring is 1. The van der Waals surface area contributed by atoms with Gasteiger partial charge in [0, 0.05) is 11.8 Å². The van der Waals surface area contributed by atoms with Crippen molar-refractivity contribution in [3.63, 3.8) is 0 Å². The minimum atomic E-state index is -4.79. The van der Waals surface area contributed by atoms with Crippen molar-refractivity contribution in [1.82, 2.24) is 4.98 Å². The number of nitrogens with two attached hydrogens (primary N) is 1. The molecule has 1 aromatic heterocycles. The van der Waals surface area contributed by atoms with Crippen molar-refractivity contribution in [2.45, 2.75) is 12.8 Å². The summed E-state index contributed by atoms with van der Waals surface area (Å²) in [7, 11) is 0. The zero-order chi connectivity index (χ0) is 14.8. The number of alkyl halides is 3. The fourth-order valence-corrected chi connectivity index (χ4v) is 1.69. The van der Waals surface area contributed by atoms with Gasteiger partial charge in [-0.2, -0.15) is 13.2 Å².